The van der Waals surface area contributed by atoms with Gasteiger partial charge in [0.1, 0.15) is 0 Å². The van der Waals surface area contributed by atoms with Crippen molar-refractivity contribution in [3.63, 3.8) is 0 Å². The summed E-state index contributed by atoms with van der Waals surface area (Å²) in [6, 6.07) is 0.167. The molecule has 1 fully saturated rings. The van der Waals surface area contributed by atoms with E-state index in [4.69, 9.17) is 4.74 Å². The van der Waals surface area contributed by atoms with Crippen LogP contribution in [0.25, 0.3) is 0 Å². The molecule has 1 aromatic heterocycles. The van der Waals surface area contributed by atoms with Gasteiger partial charge >= 0.3 is 0 Å². The van der Waals surface area contributed by atoms with Crippen molar-refractivity contribution < 1.29 is 9.53 Å². The first kappa shape index (κ1) is 19.9. The predicted octanol–water partition coefficient (Wildman–Crippen LogP) is 1.42. The predicted molar refractivity (Wildman–Crippen MR) is 92.9 cm³/mol. The van der Waals surface area contributed by atoms with Gasteiger partial charge in [-0.25, -0.2) is 0 Å². The summed E-state index contributed by atoms with van der Waals surface area (Å²) in [5.74, 6) is 0.369. The molecule has 0 aromatic carbocycles. The first-order valence-corrected chi connectivity index (χ1v) is 7.96. The maximum Gasteiger partial charge on any atom is 0.227 e. The van der Waals surface area contributed by atoms with E-state index in [2.05, 4.69) is 24.3 Å². The van der Waals surface area contributed by atoms with Crippen LogP contribution in [0, 0.1) is 5.92 Å². The van der Waals surface area contributed by atoms with Crippen LogP contribution in [-0.4, -0.2) is 59.5 Å². The van der Waals surface area contributed by atoms with Crippen molar-refractivity contribution >= 4 is 18.3 Å². The number of hydrogen-bond donors (Lipinski definition) is 1. The highest BCUT2D eigenvalue weighted by atomic mass is 35.5. The summed E-state index contributed by atoms with van der Waals surface area (Å²) >= 11 is 0. The van der Waals surface area contributed by atoms with Gasteiger partial charge in [-0.1, -0.05) is 0 Å². The van der Waals surface area contributed by atoms with E-state index in [-0.39, 0.29) is 42.3 Å². The van der Waals surface area contributed by atoms with Gasteiger partial charge in [0.15, 0.2) is 0 Å². The molecule has 0 radical (unpaired) electrons. The quantitative estimate of drug-likeness (QED) is 0.847. The molecule has 0 saturated carbocycles. The molecule has 1 N–H and O–H groups in total. The van der Waals surface area contributed by atoms with Gasteiger partial charge in [0, 0.05) is 51.9 Å². The summed E-state index contributed by atoms with van der Waals surface area (Å²) in [6.07, 6.45) is 3.92. The lowest BCUT2D eigenvalue weighted by Gasteiger charge is -2.32. The number of hydrogen-bond acceptors (Lipinski definition) is 4. The van der Waals surface area contributed by atoms with Crippen molar-refractivity contribution in [2.24, 2.45) is 13.0 Å². The van der Waals surface area contributed by atoms with E-state index in [0.29, 0.717) is 6.54 Å². The second-order valence-corrected chi connectivity index (χ2v) is 6.45. The van der Waals surface area contributed by atoms with Gasteiger partial charge in [-0.15, -0.1) is 12.4 Å². The Hall–Kier alpha value is -1.11. The van der Waals surface area contributed by atoms with E-state index in [0.717, 1.165) is 18.7 Å². The van der Waals surface area contributed by atoms with Crippen molar-refractivity contribution in [1.29, 1.82) is 0 Å². The number of halogens is 1. The molecule has 0 aliphatic carbocycles. The maximum absolute atomic E-state index is 13.0. The monoisotopic (exact) mass is 344 g/mol. The van der Waals surface area contributed by atoms with E-state index < -0.39 is 0 Å². The zero-order chi connectivity index (χ0) is 16.3. The van der Waals surface area contributed by atoms with Gasteiger partial charge < -0.3 is 15.0 Å². The van der Waals surface area contributed by atoms with Crippen LogP contribution in [0.2, 0.25) is 0 Å². The summed E-state index contributed by atoms with van der Waals surface area (Å²) in [4.78, 5) is 15.0. The Morgan fingerprint density at radius 3 is 2.70 bits per heavy atom. The molecule has 1 amide bonds. The largest absolute Gasteiger partial charge is 0.380 e. The van der Waals surface area contributed by atoms with Gasteiger partial charge in [-0.05, 0) is 26.3 Å². The van der Waals surface area contributed by atoms with Crippen molar-refractivity contribution in [2.45, 2.75) is 38.8 Å². The lowest BCUT2D eigenvalue weighted by Crippen LogP contribution is -2.46. The molecule has 6 nitrogen and oxygen atoms in total. The van der Waals surface area contributed by atoms with E-state index in [1.807, 2.05) is 31.3 Å². The third-order valence-electron chi connectivity index (χ3n) is 4.45. The molecule has 132 valence electrons. The average molecular weight is 345 g/mol. The number of ether oxygens (including phenoxy) is 1. The number of methoxy groups -OCH3 is 1. The second kappa shape index (κ2) is 8.66. The van der Waals surface area contributed by atoms with Crippen LogP contribution >= 0.6 is 12.4 Å². The van der Waals surface area contributed by atoms with Crippen molar-refractivity contribution in [3.05, 3.63) is 18.0 Å². The highest BCUT2D eigenvalue weighted by molar-refractivity contribution is 5.85. The van der Waals surface area contributed by atoms with E-state index >= 15 is 0 Å². The number of aryl methyl sites for hydroxylation is 1. The van der Waals surface area contributed by atoms with Crippen LogP contribution in [0.3, 0.4) is 0 Å². The molecule has 7 heteroatoms. The SMILES string of the molecule is COC(C)CN(C(=O)[C@H]1CNC[C@@H]1c1cnn(C)c1)C(C)C.Cl. The highest BCUT2D eigenvalue weighted by Gasteiger charge is 2.38. The number of amides is 1. The maximum atomic E-state index is 13.0. The molecule has 2 rings (SSSR count). The van der Waals surface area contributed by atoms with Crippen molar-refractivity contribution in [2.75, 3.05) is 26.7 Å². The van der Waals surface area contributed by atoms with Gasteiger partial charge in [-0.2, -0.15) is 5.10 Å². The van der Waals surface area contributed by atoms with Crippen LogP contribution in [0.4, 0.5) is 0 Å². The van der Waals surface area contributed by atoms with Crippen molar-refractivity contribution in [1.82, 2.24) is 20.0 Å². The standard InChI is InChI=1S/C16H28N4O2.ClH/c1-11(2)20(9-12(3)22-5)16(21)15-8-17-7-14(15)13-6-18-19(4)10-13;/h6,10-12,14-15,17H,7-9H2,1-5H3;1H/t12?,14-,15+;/m1./s1. The van der Waals surface area contributed by atoms with Gasteiger partial charge in [0.05, 0.1) is 18.2 Å². The van der Waals surface area contributed by atoms with Crippen LogP contribution in [0.1, 0.15) is 32.3 Å². The van der Waals surface area contributed by atoms with E-state index in [1.54, 1.807) is 11.8 Å². The Labute approximate surface area is 145 Å². The van der Waals surface area contributed by atoms with E-state index in [9.17, 15) is 4.79 Å². The van der Waals surface area contributed by atoms with Gasteiger partial charge in [0.25, 0.3) is 0 Å². The number of nitrogens with one attached hydrogen (secondary N) is 1. The number of nitrogens with zero attached hydrogens (tertiary/aromatic N) is 3. The molecule has 1 unspecified atom stereocenters. The fraction of sp³-hybridized carbons (Fsp3) is 0.750. The number of carbonyl (C=O) groups is 1. The molecular weight excluding hydrogens is 316 g/mol. The van der Waals surface area contributed by atoms with Crippen LogP contribution < -0.4 is 5.32 Å². The molecule has 23 heavy (non-hydrogen) atoms. The smallest absolute Gasteiger partial charge is 0.227 e. The zero-order valence-electron chi connectivity index (χ0n) is 14.7. The second-order valence-electron chi connectivity index (χ2n) is 6.45. The third kappa shape index (κ3) is 4.68. The Balaban J connectivity index is 0.00000264. The summed E-state index contributed by atoms with van der Waals surface area (Å²) in [5.41, 5.74) is 1.13. The Bertz CT molecular complexity index is 506. The molecule has 1 aliphatic rings. The molecule has 1 aliphatic heterocycles. The lowest BCUT2D eigenvalue weighted by molar-refractivity contribution is -0.138. The van der Waals surface area contributed by atoms with Crippen LogP contribution in [-0.2, 0) is 16.6 Å². The van der Waals surface area contributed by atoms with Gasteiger partial charge in [-0.3, -0.25) is 9.48 Å². The Morgan fingerprint density at radius 2 is 2.17 bits per heavy atom. The van der Waals surface area contributed by atoms with Crippen LogP contribution in [0.15, 0.2) is 12.4 Å². The third-order valence-corrected chi connectivity index (χ3v) is 4.45. The molecule has 2 heterocycles. The Morgan fingerprint density at radius 1 is 1.48 bits per heavy atom. The number of rotatable bonds is 6. The zero-order valence-corrected chi connectivity index (χ0v) is 15.5. The Kier molecular flexibility index (Phi) is 7.51. The first-order valence-electron chi connectivity index (χ1n) is 7.96. The molecule has 0 spiro atoms. The topological polar surface area (TPSA) is 59.4 Å². The minimum atomic E-state index is -0.0318. The molecule has 3 atom stereocenters. The summed E-state index contributed by atoms with van der Waals surface area (Å²) in [5, 5.41) is 7.60. The molecule has 1 saturated heterocycles. The fourth-order valence-electron chi connectivity index (χ4n) is 3.04. The van der Waals surface area contributed by atoms with Crippen LogP contribution in [0.5, 0.6) is 0 Å². The fourth-order valence-corrected chi connectivity index (χ4v) is 3.04. The molecule has 0 bridgehead atoms. The average Bonchev–Trinajstić information content (AvgIpc) is 3.11. The summed E-state index contributed by atoms with van der Waals surface area (Å²) in [7, 11) is 3.59. The van der Waals surface area contributed by atoms with Gasteiger partial charge in [0.2, 0.25) is 5.91 Å². The molecular formula is C16H29ClN4O2. The summed E-state index contributed by atoms with van der Waals surface area (Å²) in [6.45, 7) is 8.29. The first-order chi connectivity index (χ1) is 10.4. The van der Waals surface area contributed by atoms with Crippen molar-refractivity contribution in [3.8, 4) is 0 Å². The minimum Gasteiger partial charge on any atom is -0.380 e. The number of aromatic nitrogens is 2. The lowest BCUT2D eigenvalue weighted by atomic mass is 9.89. The number of carbonyl (C=O) groups excluding carboxylic acids is 1. The summed E-state index contributed by atoms with van der Waals surface area (Å²) < 4.78 is 7.13. The molecule has 1 aromatic rings. The minimum absolute atomic E-state index is 0. The highest BCUT2D eigenvalue weighted by Crippen LogP contribution is 2.29. The normalized spacial score (nSPS) is 22.0. The van der Waals surface area contributed by atoms with E-state index in [1.165, 1.54) is 0 Å².